The summed E-state index contributed by atoms with van der Waals surface area (Å²) in [6, 6.07) is 4.00. The Kier molecular flexibility index (Phi) is 7.05. The van der Waals surface area contributed by atoms with E-state index >= 15 is 0 Å². The molecule has 0 saturated carbocycles. The SMILES string of the molecule is CC(C)CN(CCN(C)C)Cc1cccnc1C(N)=S. The molecule has 0 radical (unpaired) electrons. The first-order valence-electron chi connectivity index (χ1n) is 7.01. The molecular formula is C15H26N4S. The molecule has 0 unspecified atom stereocenters. The van der Waals surface area contributed by atoms with Crippen molar-refractivity contribution in [3.63, 3.8) is 0 Å². The standard InChI is InChI=1S/C15H26N4S/c1-12(2)10-19(9-8-18(3)4)11-13-6-5-7-17-14(13)15(16)20/h5-7,12H,8-11H2,1-4H3,(H2,16,20). The van der Waals surface area contributed by atoms with Crippen LogP contribution in [0.1, 0.15) is 25.1 Å². The minimum absolute atomic E-state index is 0.373. The van der Waals surface area contributed by atoms with Crippen molar-refractivity contribution < 1.29 is 0 Å². The van der Waals surface area contributed by atoms with Crippen LogP contribution < -0.4 is 5.73 Å². The fraction of sp³-hybridized carbons (Fsp3) is 0.600. The van der Waals surface area contributed by atoms with Gasteiger partial charge >= 0.3 is 0 Å². The number of rotatable bonds is 8. The molecule has 4 nitrogen and oxygen atoms in total. The molecule has 1 aromatic heterocycles. The van der Waals surface area contributed by atoms with Crippen LogP contribution in [0.25, 0.3) is 0 Å². The Labute approximate surface area is 128 Å². The normalized spacial score (nSPS) is 11.6. The quantitative estimate of drug-likeness (QED) is 0.740. The largest absolute Gasteiger partial charge is 0.388 e. The second-order valence-electron chi connectivity index (χ2n) is 5.81. The Morgan fingerprint density at radius 1 is 1.35 bits per heavy atom. The molecule has 0 aliphatic heterocycles. The number of nitrogens with two attached hydrogens (primary N) is 1. The van der Waals surface area contributed by atoms with Crippen LogP contribution in [0.4, 0.5) is 0 Å². The third-order valence-electron chi connectivity index (χ3n) is 3.01. The Morgan fingerprint density at radius 2 is 2.05 bits per heavy atom. The first kappa shape index (κ1) is 17.0. The van der Waals surface area contributed by atoms with E-state index in [1.54, 1.807) is 6.20 Å². The molecule has 0 fully saturated rings. The van der Waals surface area contributed by atoms with Gasteiger partial charge < -0.3 is 10.6 Å². The molecule has 1 heterocycles. The smallest absolute Gasteiger partial charge is 0.123 e. The van der Waals surface area contributed by atoms with E-state index in [1.807, 2.05) is 6.07 Å². The lowest BCUT2D eigenvalue weighted by Gasteiger charge is -2.26. The van der Waals surface area contributed by atoms with Crippen LogP contribution in [0.5, 0.6) is 0 Å². The molecule has 0 aliphatic rings. The van der Waals surface area contributed by atoms with Gasteiger partial charge in [0.25, 0.3) is 0 Å². The van der Waals surface area contributed by atoms with Gasteiger partial charge in [-0.05, 0) is 31.6 Å². The minimum Gasteiger partial charge on any atom is -0.388 e. The molecule has 0 aliphatic carbocycles. The summed E-state index contributed by atoms with van der Waals surface area (Å²) in [7, 11) is 4.19. The monoisotopic (exact) mass is 294 g/mol. The highest BCUT2D eigenvalue weighted by atomic mass is 32.1. The van der Waals surface area contributed by atoms with Crippen molar-refractivity contribution in [2.45, 2.75) is 20.4 Å². The fourth-order valence-electron chi connectivity index (χ4n) is 2.12. The summed E-state index contributed by atoms with van der Waals surface area (Å²) in [6.07, 6.45) is 1.74. The van der Waals surface area contributed by atoms with Gasteiger partial charge in [-0.25, -0.2) is 0 Å². The van der Waals surface area contributed by atoms with Gasteiger partial charge in [-0.3, -0.25) is 9.88 Å². The van der Waals surface area contributed by atoms with Crippen LogP contribution in [0, 0.1) is 5.92 Å². The maximum atomic E-state index is 5.76. The number of aromatic nitrogens is 1. The van der Waals surface area contributed by atoms with Crippen LogP contribution >= 0.6 is 12.2 Å². The molecule has 5 heteroatoms. The third kappa shape index (κ3) is 5.94. The van der Waals surface area contributed by atoms with Crippen LogP contribution in [0.15, 0.2) is 18.3 Å². The van der Waals surface area contributed by atoms with Gasteiger partial charge in [0.15, 0.2) is 0 Å². The first-order chi connectivity index (χ1) is 9.40. The van der Waals surface area contributed by atoms with Gasteiger partial charge in [-0.2, -0.15) is 0 Å². The highest BCUT2D eigenvalue weighted by Crippen LogP contribution is 2.11. The molecule has 0 spiro atoms. The molecule has 1 rings (SSSR count). The summed E-state index contributed by atoms with van der Waals surface area (Å²) >= 11 is 5.08. The zero-order chi connectivity index (χ0) is 15.1. The topological polar surface area (TPSA) is 45.4 Å². The van der Waals surface area contributed by atoms with E-state index in [0.717, 1.165) is 37.4 Å². The van der Waals surface area contributed by atoms with Gasteiger partial charge in [-0.15, -0.1) is 0 Å². The number of thiocarbonyl (C=S) groups is 1. The van der Waals surface area contributed by atoms with Crippen molar-refractivity contribution in [3.8, 4) is 0 Å². The van der Waals surface area contributed by atoms with E-state index in [2.05, 4.69) is 48.8 Å². The number of likely N-dealkylation sites (N-methyl/N-ethyl adjacent to an activating group) is 1. The van der Waals surface area contributed by atoms with Gasteiger partial charge in [0.1, 0.15) is 10.7 Å². The maximum Gasteiger partial charge on any atom is 0.123 e. The van der Waals surface area contributed by atoms with E-state index < -0.39 is 0 Å². The zero-order valence-electron chi connectivity index (χ0n) is 13.0. The minimum atomic E-state index is 0.373. The first-order valence-corrected chi connectivity index (χ1v) is 7.41. The fourth-order valence-corrected chi connectivity index (χ4v) is 2.31. The average Bonchev–Trinajstić information content (AvgIpc) is 2.35. The second kappa shape index (κ2) is 8.29. The number of pyridine rings is 1. The molecule has 0 bridgehead atoms. The molecule has 0 amide bonds. The van der Waals surface area contributed by atoms with Crippen molar-refractivity contribution in [1.82, 2.24) is 14.8 Å². The van der Waals surface area contributed by atoms with Crippen molar-refractivity contribution in [3.05, 3.63) is 29.6 Å². The van der Waals surface area contributed by atoms with E-state index in [1.165, 1.54) is 0 Å². The van der Waals surface area contributed by atoms with Gasteiger partial charge in [0.2, 0.25) is 0 Å². The highest BCUT2D eigenvalue weighted by molar-refractivity contribution is 7.80. The van der Waals surface area contributed by atoms with Crippen LogP contribution in [-0.4, -0.2) is 53.5 Å². The van der Waals surface area contributed by atoms with Gasteiger partial charge in [0.05, 0.1) is 0 Å². The molecule has 0 aromatic carbocycles. The van der Waals surface area contributed by atoms with Crippen LogP contribution in [0.2, 0.25) is 0 Å². The van der Waals surface area contributed by atoms with E-state index in [-0.39, 0.29) is 0 Å². The lowest BCUT2D eigenvalue weighted by atomic mass is 10.1. The average molecular weight is 294 g/mol. The Balaban J connectivity index is 2.80. The number of hydrogen-bond donors (Lipinski definition) is 1. The second-order valence-corrected chi connectivity index (χ2v) is 6.25. The Morgan fingerprint density at radius 3 is 2.60 bits per heavy atom. The number of nitrogens with zero attached hydrogens (tertiary/aromatic N) is 3. The summed E-state index contributed by atoms with van der Waals surface area (Å²) < 4.78 is 0. The summed E-state index contributed by atoms with van der Waals surface area (Å²) in [5.41, 5.74) is 7.62. The lowest BCUT2D eigenvalue weighted by Crippen LogP contribution is -2.34. The zero-order valence-corrected chi connectivity index (χ0v) is 13.8. The van der Waals surface area contributed by atoms with Crippen molar-refractivity contribution in [2.75, 3.05) is 33.7 Å². The number of hydrogen-bond acceptors (Lipinski definition) is 4. The summed E-state index contributed by atoms with van der Waals surface area (Å²) in [6.45, 7) is 8.43. The molecule has 20 heavy (non-hydrogen) atoms. The van der Waals surface area contributed by atoms with E-state index in [4.69, 9.17) is 18.0 Å². The summed E-state index contributed by atoms with van der Waals surface area (Å²) in [5, 5.41) is 0. The Hall–Kier alpha value is -1.04. The summed E-state index contributed by atoms with van der Waals surface area (Å²) in [4.78, 5) is 9.31. The van der Waals surface area contributed by atoms with E-state index in [0.29, 0.717) is 10.9 Å². The maximum absolute atomic E-state index is 5.76. The van der Waals surface area contributed by atoms with E-state index in [9.17, 15) is 0 Å². The van der Waals surface area contributed by atoms with Gasteiger partial charge in [-0.1, -0.05) is 32.1 Å². The van der Waals surface area contributed by atoms with Crippen molar-refractivity contribution in [2.24, 2.45) is 11.7 Å². The lowest BCUT2D eigenvalue weighted by molar-refractivity contribution is 0.211. The molecule has 0 atom stereocenters. The third-order valence-corrected chi connectivity index (χ3v) is 3.20. The van der Waals surface area contributed by atoms with Crippen molar-refractivity contribution >= 4 is 17.2 Å². The molecule has 0 saturated heterocycles. The van der Waals surface area contributed by atoms with Crippen LogP contribution in [0.3, 0.4) is 0 Å². The predicted molar refractivity (Wildman–Crippen MR) is 88.8 cm³/mol. The molecule has 112 valence electrons. The highest BCUT2D eigenvalue weighted by Gasteiger charge is 2.13. The van der Waals surface area contributed by atoms with Crippen LogP contribution in [-0.2, 0) is 6.54 Å². The van der Waals surface area contributed by atoms with Crippen molar-refractivity contribution in [1.29, 1.82) is 0 Å². The predicted octanol–water partition coefficient (Wildman–Crippen LogP) is 1.74. The molecule has 2 N–H and O–H groups in total. The molecule has 1 aromatic rings. The molecular weight excluding hydrogens is 268 g/mol. The summed E-state index contributed by atoms with van der Waals surface area (Å²) in [5.74, 6) is 0.627. The Bertz CT molecular complexity index is 432. The van der Waals surface area contributed by atoms with Gasteiger partial charge in [0, 0.05) is 32.4 Å².